The molecule has 0 fully saturated rings. The highest BCUT2D eigenvalue weighted by Crippen LogP contribution is 2.13. The lowest BCUT2D eigenvalue weighted by Crippen LogP contribution is -2.36. The standard InChI is InChI=1S/C14H20N4OS/c1-10(2)13-7-11(19-18-13)8-16-14(15-3)17-9-12-5-4-6-20-12/h4-7,10H,8-9H2,1-3H3,(H2,15,16,17). The number of hydrogen-bond acceptors (Lipinski definition) is 4. The van der Waals surface area contributed by atoms with Gasteiger partial charge in [0.2, 0.25) is 0 Å². The number of aromatic nitrogens is 1. The molecule has 0 saturated heterocycles. The molecule has 2 heterocycles. The molecule has 0 aromatic carbocycles. The van der Waals surface area contributed by atoms with Gasteiger partial charge in [-0.15, -0.1) is 11.3 Å². The van der Waals surface area contributed by atoms with E-state index in [4.69, 9.17) is 4.52 Å². The molecule has 0 aliphatic rings. The third-order valence-corrected chi connectivity index (χ3v) is 3.71. The zero-order chi connectivity index (χ0) is 14.4. The van der Waals surface area contributed by atoms with Gasteiger partial charge in [0.25, 0.3) is 0 Å². The summed E-state index contributed by atoms with van der Waals surface area (Å²) in [7, 11) is 1.75. The Morgan fingerprint density at radius 2 is 2.20 bits per heavy atom. The Balaban J connectivity index is 1.81. The summed E-state index contributed by atoms with van der Waals surface area (Å²) in [6, 6.07) is 6.11. The van der Waals surface area contributed by atoms with Crippen molar-refractivity contribution in [3.63, 3.8) is 0 Å². The first-order valence-corrected chi connectivity index (χ1v) is 7.49. The van der Waals surface area contributed by atoms with Gasteiger partial charge in [0.1, 0.15) is 0 Å². The predicted octanol–water partition coefficient (Wildman–Crippen LogP) is 2.72. The Hall–Kier alpha value is -1.82. The van der Waals surface area contributed by atoms with E-state index in [1.54, 1.807) is 18.4 Å². The van der Waals surface area contributed by atoms with Gasteiger partial charge in [0.05, 0.1) is 18.8 Å². The van der Waals surface area contributed by atoms with E-state index in [1.807, 2.05) is 12.1 Å². The van der Waals surface area contributed by atoms with Crippen LogP contribution < -0.4 is 10.6 Å². The largest absolute Gasteiger partial charge is 0.359 e. The summed E-state index contributed by atoms with van der Waals surface area (Å²) in [5, 5.41) is 12.6. The zero-order valence-electron chi connectivity index (χ0n) is 12.0. The molecule has 0 spiro atoms. The first kappa shape index (κ1) is 14.6. The molecule has 2 aromatic rings. The lowest BCUT2D eigenvalue weighted by Gasteiger charge is -2.09. The quantitative estimate of drug-likeness (QED) is 0.657. The first-order chi connectivity index (χ1) is 9.69. The molecule has 0 radical (unpaired) electrons. The maximum absolute atomic E-state index is 5.28. The fourth-order valence-electron chi connectivity index (χ4n) is 1.66. The second-order valence-corrected chi connectivity index (χ2v) is 5.76. The van der Waals surface area contributed by atoms with Crippen LogP contribution in [-0.4, -0.2) is 18.2 Å². The SMILES string of the molecule is CN=C(NCc1cc(C(C)C)no1)NCc1cccs1. The summed E-state index contributed by atoms with van der Waals surface area (Å²) in [5.74, 6) is 1.94. The van der Waals surface area contributed by atoms with Crippen LogP contribution in [0.4, 0.5) is 0 Å². The van der Waals surface area contributed by atoms with Crippen molar-refractivity contribution in [2.75, 3.05) is 7.05 Å². The van der Waals surface area contributed by atoms with Gasteiger partial charge >= 0.3 is 0 Å². The van der Waals surface area contributed by atoms with Crippen LogP contribution >= 0.6 is 11.3 Å². The van der Waals surface area contributed by atoms with Gasteiger partial charge in [0.15, 0.2) is 11.7 Å². The Morgan fingerprint density at radius 1 is 1.40 bits per heavy atom. The van der Waals surface area contributed by atoms with E-state index in [9.17, 15) is 0 Å². The average Bonchev–Trinajstić information content (AvgIpc) is 3.10. The molecule has 0 bridgehead atoms. The molecule has 20 heavy (non-hydrogen) atoms. The van der Waals surface area contributed by atoms with Gasteiger partial charge < -0.3 is 15.2 Å². The Morgan fingerprint density at radius 3 is 2.80 bits per heavy atom. The van der Waals surface area contributed by atoms with Crippen molar-refractivity contribution in [2.45, 2.75) is 32.9 Å². The van der Waals surface area contributed by atoms with Crippen LogP contribution in [-0.2, 0) is 13.1 Å². The summed E-state index contributed by atoms with van der Waals surface area (Å²) >= 11 is 1.72. The van der Waals surface area contributed by atoms with Crippen molar-refractivity contribution in [1.82, 2.24) is 15.8 Å². The molecule has 2 rings (SSSR count). The molecule has 108 valence electrons. The number of hydrogen-bond donors (Lipinski definition) is 2. The van der Waals surface area contributed by atoms with E-state index in [-0.39, 0.29) is 0 Å². The van der Waals surface area contributed by atoms with Crippen molar-refractivity contribution in [1.29, 1.82) is 0 Å². The minimum Gasteiger partial charge on any atom is -0.359 e. The maximum Gasteiger partial charge on any atom is 0.191 e. The zero-order valence-corrected chi connectivity index (χ0v) is 12.8. The van der Waals surface area contributed by atoms with E-state index >= 15 is 0 Å². The van der Waals surface area contributed by atoms with Crippen LogP contribution in [0.3, 0.4) is 0 Å². The molecule has 0 atom stereocenters. The molecular formula is C14H20N4OS. The van der Waals surface area contributed by atoms with Gasteiger partial charge in [-0.05, 0) is 17.4 Å². The summed E-state index contributed by atoms with van der Waals surface area (Å²) < 4.78 is 5.28. The third-order valence-electron chi connectivity index (χ3n) is 2.83. The molecule has 6 heteroatoms. The highest BCUT2D eigenvalue weighted by Gasteiger charge is 2.08. The number of thiophene rings is 1. The monoisotopic (exact) mass is 292 g/mol. The molecule has 2 N–H and O–H groups in total. The molecule has 0 amide bonds. The minimum absolute atomic E-state index is 0.378. The Bertz CT molecular complexity index is 545. The van der Waals surface area contributed by atoms with E-state index in [2.05, 4.69) is 46.1 Å². The van der Waals surface area contributed by atoms with Crippen LogP contribution in [0.5, 0.6) is 0 Å². The maximum atomic E-state index is 5.28. The van der Waals surface area contributed by atoms with Gasteiger partial charge in [-0.25, -0.2) is 0 Å². The van der Waals surface area contributed by atoms with Crippen LogP contribution in [0, 0.1) is 0 Å². The summed E-state index contributed by atoms with van der Waals surface area (Å²) in [6.45, 7) is 5.53. The van der Waals surface area contributed by atoms with Gasteiger partial charge in [-0.3, -0.25) is 4.99 Å². The summed E-state index contributed by atoms with van der Waals surface area (Å²) in [5.41, 5.74) is 0.975. The second kappa shape index (κ2) is 7.09. The van der Waals surface area contributed by atoms with E-state index < -0.39 is 0 Å². The van der Waals surface area contributed by atoms with Crippen molar-refractivity contribution < 1.29 is 4.52 Å². The van der Waals surface area contributed by atoms with Crippen LogP contribution in [0.25, 0.3) is 0 Å². The highest BCUT2D eigenvalue weighted by atomic mass is 32.1. The van der Waals surface area contributed by atoms with Gasteiger partial charge in [-0.2, -0.15) is 0 Å². The lowest BCUT2D eigenvalue weighted by molar-refractivity contribution is 0.372. The van der Waals surface area contributed by atoms with Crippen LogP contribution in [0.2, 0.25) is 0 Å². The molecule has 0 saturated carbocycles. The van der Waals surface area contributed by atoms with Gasteiger partial charge in [0, 0.05) is 18.0 Å². The third kappa shape index (κ3) is 4.09. The van der Waals surface area contributed by atoms with Crippen LogP contribution in [0.15, 0.2) is 33.1 Å². The fourth-order valence-corrected chi connectivity index (χ4v) is 2.30. The second-order valence-electron chi connectivity index (χ2n) is 4.73. The first-order valence-electron chi connectivity index (χ1n) is 6.61. The lowest BCUT2D eigenvalue weighted by atomic mass is 10.1. The smallest absolute Gasteiger partial charge is 0.191 e. The molecule has 0 aliphatic heterocycles. The molecular weight excluding hydrogens is 272 g/mol. The number of nitrogens with one attached hydrogen (secondary N) is 2. The number of aliphatic imine (C=N–C) groups is 1. The molecule has 0 aliphatic carbocycles. The summed E-state index contributed by atoms with van der Waals surface area (Å²) in [4.78, 5) is 5.45. The number of rotatable bonds is 5. The van der Waals surface area contributed by atoms with E-state index in [1.165, 1.54) is 4.88 Å². The molecule has 0 unspecified atom stereocenters. The topological polar surface area (TPSA) is 62.5 Å². The minimum atomic E-state index is 0.378. The number of nitrogens with zero attached hydrogens (tertiary/aromatic N) is 2. The van der Waals surface area contributed by atoms with E-state index in [0.717, 1.165) is 24.0 Å². The molecule has 5 nitrogen and oxygen atoms in total. The Kier molecular flexibility index (Phi) is 5.17. The van der Waals surface area contributed by atoms with Crippen molar-refractivity contribution in [2.24, 2.45) is 4.99 Å². The number of guanidine groups is 1. The van der Waals surface area contributed by atoms with Crippen LogP contribution in [0.1, 0.15) is 36.1 Å². The highest BCUT2D eigenvalue weighted by molar-refractivity contribution is 7.09. The van der Waals surface area contributed by atoms with Crippen molar-refractivity contribution in [3.8, 4) is 0 Å². The summed E-state index contributed by atoms with van der Waals surface area (Å²) in [6.07, 6.45) is 0. The Labute approximate surface area is 123 Å². The van der Waals surface area contributed by atoms with Crippen molar-refractivity contribution >= 4 is 17.3 Å². The fraction of sp³-hybridized carbons (Fsp3) is 0.429. The van der Waals surface area contributed by atoms with Crippen molar-refractivity contribution in [3.05, 3.63) is 39.9 Å². The molecule has 2 aromatic heterocycles. The average molecular weight is 292 g/mol. The normalized spacial score (nSPS) is 11.9. The van der Waals surface area contributed by atoms with E-state index in [0.29, 0.717) is 12.5 Å². The predicted molar refractivity (Wildman–Crippen MR) is 81.9 cm³/mol. The van der Waals surface area contributed by atoms with Gasteiger partial charge in [-0.1, -0.05) is 25.1 Å².